The van der Waals surface area contributed by atoms with Crippen molar-refractivity contribution in [3.8, 4) is 0 Å². The van der Waals surface area contributed by atoms with Gasteiger partial charge in [-0.25, -0.2) is 0 Å². The van der Waals surface area contributed by atoms with Crippen LogP contribution in [0.1, 0.15) is 24.1 Å². The van der Waals surface area contributed by atoms with E-state index in [1.807, 2.05) is 42.6 Å². The lowest BCUT2D eigenvalue weighted by molar-refractivity contribution is 0.274. The van der Waals surface area contributed by atoms with Gasteiger partial charge in [0.05, 0.1) is 10.7 Å². The Morgan fingerprint density at radius 3 is 2.48 bits per heavy atom. The second-order valence-corrected chi connectivity index (χ2v) is 5.49. The van der Waals surface area contributed by atoms with Crippen LogP contribution in [0.3, 0.4) is 0 Å². The van der Waals surface area contributed by atoms with Gasteiger partial charge in [-0.3, -0.25) is 9.88 Å². The highest BCUT2D eigenvalue weighted by Gasteiger charge is 2.18. The van der Waals surface area contributed by atoms with Gasteiger partial charge in [0.1, 0.15) is 0 Å². The molecule has 2 N–H and O–H groups in total. The number of hydrogen-bond acceptors (Lipinski definition) is 3. The predicted octanol–water partition coefficient (Wildman–Crippen LogP) is 2.97. The Morgan fingerprint density at radius 2 is 1.90 bits per heavy atom. The van der Waals surface area contributed by atoms with Gasteiger partial charge in [-0.1, -0.05) is 55.5 Å². The summed E-state index contributed by atoms with van der Waals surface area (Å²) in [5.74, 6) is 0.0739. The summed E-state index contributed by atoms with van der Waals surface area (Å²) >= 11 is 5.27. The molecule has 4 heteroatoms. The molecule has 0 spiro atoms. The number of likely N-dealkylation sites (N-methyl/N-ethyl adjacent to an activating group) is 1. The highest BCUT2D eigenvalue weighted by molar-refractivity contribution is 7.80. The van der Waals surface area contributed by atoms with Crippen LogP contribution in [0.2, 0.25) is 0 Å². The standard InChI is InChI=1S/C17H21N3S/c1-2-20(12-15-10-6-7-11-19-15)13-16(17(18)21)14-8-4-3-5-9-14/h3-11,16H,2,12-13H2,1H3,(H2,18,21). The molecule has 3 nitrogen and oxygen atoms in total. The van der Waals surface area contributed by atoms with E-state index in [-0.39, 0.29) is 5.92 Å². The first-order valence-corrected chi connectivity index (χ1v) is 7.58. The fourth-order valence-electron chi connectivity index (χ4n) is 2.33. The van der Waals surface area contributed by atoms with E-state index >= 15 is 0 Å². The van der Waals surface area contributed by atoms with Crippen LogP contribution in [0, 0.1) is 0 Å². The zero-order chi connectivity index (χ0) is 15.1. The highest BCUT2D eigenvalue weighted by Crippen LogP contribution is 2.18. The summed E-state index contributed by atoms with van der Waals surface area (Å²) in [7, 11) is 0. The van der Waals surface area contributed by atoms with Gasteiger partial charge in [0.25, 0.3) is 0 Å². The molecular formula is C17H21N3S. The molecule has 2 aromatic rings. The third kappa shape index (κ3) is 4.62. The number of aromatic nitrogens is 1. The summed E-state index contributed by atoms with van der Waals surface area (Å²) in [6.07, 6.45) is 1.82. The fraction of sp³-hybridized carbons (Fsp3) is 0.294. The largest absolute Gasteiger partial charge is 0.393 e. The lowest BCUT2D eigenvalue weighted by Gasteiger charge is -2.26. The van der Waals surface area contributed by atoms with Crippen LogP contribution in [0.25, 0.3) is 0 Å². The molecule has 0 aliphatic carbocycles. The van der Waals surface area contributed by atoms with Gasteiger partial charge < -0.3 is 5.73 Å². The van der Waals surface area contributed by atoms with Crippen molar-refractivity contribution >= 4 is 17.2 Å². The Balaban J connectivity index is 2.09. The van der Waals surface area contributed by atoms with Crippen LogP contribution in [-0.2, 0) is 6.54 Å². The highest BCUT2D eigenvalue weighted by atomic mass is 32.1. The Hall–Kier alpha value is -1.78. The fourth-order valence-corrected chi connectivity index (χ4v) is 2.54. The van der Waals surface area contributed by atoms with Crippen molar-refractivity contribution in [3.63, 3.8) is 0 Å². The Bertz CT molecular complexity index is 557. The predicted molar refractivity (Wildman–Crippen MR) is 91.2 cm³/mol. The normalized spacial score (nSPS) is 12.3. The molecule has 1 atom stereocenters. The van der Waals surface area contributed by atoms with Crippen molar-refractivity contribution in [1.29, 1.82) is 0 Å². The lowest BCUT2D eigenvalue weighted by Crippen LogP contribution is -2.34. The average molecular weight is 299 g/mol. The van der Waals surface area contributed by atoms with E-state index in [2.05, 4.69) is 28.9 Å². The second-order valence-electron chi connectivity index (χ2n) is 5.01. The van der Waals surface area contributed by atoms with Crippen molar-refractivity contribution in [2.45, 2.75) is 19.4 Å². The minimum absolute atomic E-state index is 0.0739. The third-order valence-electron chi connectivity index (χ3n) is 3.55. The summed E-state index contributed by atoms with van der Waals surface area (Å²) in [5, 5.41) is 0. The van der Waals surface area contributed by atoms with E-state index in [1.165, 1.54) is 5.56 Å². The summed E-state index contributed by atoms with van der Waals surface area (Å²) < 4.78 is 0. The SMILES string of the molecule is CCN(Cc1ccccn1)CC(C(N)=S)c1ccccc1. The number of nitrogens with zero attached hydrogens (tertiary/aromatic N) is 2. The van der Waals surface area contributed by atoms with E-state index in [0.29, 0.717) is 4.99 Å². The zero-order valence-electron chi connectivity index (χ0n) is 12.3. The van der Waals surface area contributed by atoms with Crippen LogP contribution in [0.5, 0.6) is 0 Å². The van der Waals surface area contributed by atoms with E-state index in [1.54, 1.807) is 0 Å². The average Bonchev–Trinajstić information content (AvgIpc) is 2.52. The van der Waals surface area contributed by atoms with Crippen molar-refractivity contribution in [1.82, 2.24) is 9.88 Å². The second kappa shape index (κ2) is 7.86. The molecule has 0 aliphatic rings. The maximum atomic E-state index is 5.95. The maximum absolute atomic E-state index is 5.95. The van der Waals surface area contributed by atoms with Gasteiger partial charge in [-0.05, 0) is 24.2 Å². The Morgan fingerprint density at radius 1 is 1.19 bits per heavy atom. The minimum atomic E-state index is 0.0739. The number of thiocarbonyl (C=S) groups is 1. The summed E-state index contributed by atoms with van der Waals surface area (Å²) in [5.41, 5.74) is 8.19. The molecule has 110 valence electrons. The minimum Gasteiger partial charge on any atom is -0.393 e. The van der Waals surface area contributed by atoms with Crippen molar-refractivity contribution < 1.29 is 0 Å². The van der Waals surface area contributed by atoms with Gasteiger partial charge in [0.2, 0.25) is 0 Å². The summed E-state index contributed by atoms with van der Waals surface area (Å²) in [4.78, 5) is 7.25. The number of rotatable bonds is 7. The molecule has 1 aromatic heterocycles. The van der Waals surface area contributed by atoms with Crippen LogP contribution >= 0.6 is 12.2 Å². The molecule has 0 bridgehead atoms. The molecule has 0 amide bonds. The molecule has 1 unspecified atom stereocenters. The molecule has 0 saturated carbocycles. The quantitative estimate of drug-likeness (QED) is 0.798. The van der Waals surface area contributed by atoms with Gasteiger partial charge >= 0.3 is 0 Å². The van der Waals surface area contributed by atoms with Crippen molar-refractivity contribution in [2.24, 2.45) is 5.73 Å². The van der Waals surface area contributed by atoms with Crippen molar-refractivity contribution in [2.75, 3.05) is 13.1 Å². The maximum Gasteiger partial charge on any atom is 0.0816 e. The van der Waals surface area contributed by atoms with E-state index in [0.717, 1.165) is 25.3 Å². The molecule has 1 heterocycles. The summed E-state index contributed by atoms with van der Waals surface area (Å²) in [6.45, 7) is 4.70. The van der Waals surface area contributed by atoms with Crippen molar-refractivity contribution in [3.05, 3.63) is 66.0 Å². The molecular weight excluding hydrogens is 278 g/mol. The molecule has 0 fully saturated rings. The first kappa shape index (κ1) is 15.6. The molecule has 0 saturated heterocycles. The Kier molecular flexibility index (Phi) is 5.84. The number of pyridine rings is 1. The van der Waals surface area contributed by atoms with Crippen LogP contribution in [-0.4, -0.2) is 28.0 Å². The lowest BCUT2D eigenvalue weighted by atomic mass is 9.98. The molecule has 0 radical (unpaired) electrons. The Labute approximate surface area is 131 Å². The molecule has 21 heavy (non-hydrogen) atoms. The monoisotopic (exact) mass is 299 g/mol. The number of benzene rings is 1. The molecule has 1 aromatic carbocycles. The van der Waals surface area contributed by atoms with Crippen LogP contribution < -0.4 is 5.73 Å². The van der Waals surface area contributed by atoms with Crippen LogP contribution in [0.4, 0.5) is 0 Å². The third-order valence-corrected chi connectivity index (χ3v) is 3.83. The van der Waals surface area contributed by atoms with Gasteiger partial charge in [0, 0.05) is 25.2 Å². The van der Waals surface area contributed by atoms with E-state index in [9.17, 15) is 0 Å². The van der Waals surface area contributed by atoms with E-state index < -0.39 is 0 Å². The zero-order valence-corrected chi connectivity index (χ0v) is 13.1. The smallest absolute Gasteiger partial charge is 0.0816 e. The van der Waals surface area contributed by atoms with Gasteiger partial charge in [-0.2, -0.15) is 0 Å². The molecule has 2 rings (SSSR count). The van der Waals surface area contributed by atoms with Crippen LogP contribution in [0.15, 0.2) is 54.7 Å². The number of hydrogen-bond donors (Lipinski definition) is 1. The van der Waals surface area contributed by atoms with Gasteiger partial charge in [-0.15, -0.1) is 0 Å². The summed E-state index contributed by atoms with van der Waals surface area (Å²) in [6, 6.07) is 16.2. The van der Waals surface area contributed by atoms with Gasteiger partial charge in [0.15, 0.2) is 0 Å². The number of nitrogens with two attached hydrogens (primary N) is 1. The first-order chi connectivity index (χ1) is 10.2. The molecule has 0 aliphatic heterocycles. The van der Waals surface area contributed by atoms with E-state index in [4.69, 9.17) is 18.0 Å². The first-order valence-electron chi connectivity index (χ1n) is 7.17. The topological polar surface area (TPSA) is 42.2 Å².